The fraction of sp³-hybridized carbons (Fsp3) is 0.500. The average molecular weight is 290 g/mol. The summed E-state index contributed by atoms with van der Waals surface area (Å²) in [6.07, 6.45) is 1.62. The van der Waals surface area contributed by atoms with E-state index >= 15 is 0 Å². The molecule has 0 aromatic heterocycles. The molecule has 1 amide bonds. The molecule has 0 radical (unpaired) electrons. The summed E-state index contributed by atoms with van der Waals surface area (Å²) in [7, 11) is 0. The minimum absolute atomic E-state index is 0.0931. The number of carbonyl (C=O) groups excluding carboxylic acids is 1. The largest absolute Gasteiger partial charge is 0.480 e. The molecule has 1 aromatic rings. The van der Waals surface area contributed by atoms with E-state index in [4.69, 9.17) is 5.11 Å². The fourth-order valence-corrected chi connectivity index (χ4v) is 2.71. The van der Waals surface area contributed by atoms with Crippen LogP contribution in [0.5, 0.6) is 0 Å². The van der Waals surface area contributed by atoms with Gasteiger partial charge < -0.3 is 15.3 Å². The third-order valence-corrected chi connectivity index (χ3v) is 4.07. The number of fused-ring (bicyclic) bond motifs is 1. The van der Waals surface area contributed by atoms with Gasteiger partial charge in [-0.3, -0.25) is 9.59 Å². The molecule has 1 aromatic carbocycles. The number of benzene rings is 1. The van der Waals surface area contributed by atoms with Crippen LogP contribution in [0.3, 0.4) is 0 Å². The summed E-state index contributed by atoms with van der Waals surface area (Å²) in [6.45, 7) is 4.31. The minimum atomic E-state index is -0.979. The summed E-state index contributed by atoms with van der Waals surface area (Å²) < 4.78 is 0. The van der Waals surface area contributed by atoms with Gasteiger partial charge in [-0.1, -0.05) is 31.2 Å². The summed E-state index contributed by atoms with van der Waals surface area (Å²) >= 11 is 0. The molecule has 0 saturated carbocycles. The smallest absolute Gasteiger partial charge is 0.323 e. The first-order valence-electron chi connectivity index (χ1n) is 7.38. The van der Waals surface area contributed by atoms with Crippen LogP contribution in [0.2, 0.25) is 0 Å². The van der Waals surface area contributed by atoms with Crippen LogP contribution in [0, 0.1) is 0 Å². The van der Waals surface area contributed by atoms with Gasteiger partial charge in [0.2, 0.25) is 5.91 Å². The van der Waals surface area contributed by atoms with E-state index < -0.39 is 12.0 Å². The molecule has 0 fully saturated rings. The number of amides is 1. The lowest BCUT2D eigenvalue weighted by Gasteiger charge is -2.33. The molecule has 5 nitrogen and oxygen atoms in total. The van der Waals surface area contributed by atoms with Crippen LogP contribution in [0.1, 0.15) is 37.4 Å². The van der Waals surface area contributed by atoms with Crippen LogP contribution in [0.25, 0.3) is 0 Å². The maximum absolute atomic E-state index is 12.8. The lowest BCUT2D eigenvalue weighted by Crippen LogP contribution is -2.48. The van der Waals surface area contributed by atoms with E-state index in [0.29, 0.717) is 0 Å². The lowest BCUT2D eigenvalue weighted by molar-refractivity contribution is -0.147. The van der Waals surface area contributed by atoms with Crippen molar-refractivity contribution in [1.82, 2.24) is 10.2 Å². The molecular formula is C16H22N2O3. The van der Waals surface area contributed by atoms with Gasteiger partial charge in [0, 0.05) is 12.6 Å². The van der Waals surface area contributed by atoms with E-state index in [2.05, 4.69) is 5.32 Å². The van der Waals surface area contributed by atoms with Crippen molar-refractivity contribution in [2.75, 3.05) is 13.1 Å². The molecule has 2 atom stereocenters. The molecule has 114 valence electrons. The summed E-state index contributed by atoms with van der Waals surface area (Å²) in [4.78, 5) is 25.3. The maximum Gasteiger partial charge on any atom is 0.323 e. The predicted molar refractivity (Wildman–Crippen MR) is 80.0 cm³/mol. The Kier molecular flexibility index (Phi) is 4.96. The molecule has 0 bridgehead atoms. The van der Waals surface area contributed by atoms with Crippen molar-refractivity contribution in [2.24, 2.45) is 0 Å². The molecule has 0 saturated heterocycles. The Bertz CT molecular complexity index is 530. The van der Waals surface area contributed by atoms with Crippen LogP contribution in [0.15, 0.2) is 24.3 Å². The second-order valence-corrected chi connectivity index (χ2v) is 5.45. The monoisotopic (exact) mass is 290 g/mol. The van der Waals surface area contributed by atoms with Crippen LogP contribution in [-0.4, -0.2) is 41.0 Å². The molecule has 2 N–H and O–H groups in total. The minimum Gasteiger partial charge on any atom is -0.480 e. The Labute approximate surface area is 125 Å². The van der Waals surface area contributed by atoms with Crippen molar-refractivity contribution < 1.29 is 14.7 Å². The zero-order valence-corrected chi connectivity index (χ0v) is 12.5. The number of hydrogen-bond acceptors (Lipinski definition) is 3. The van der Waals surface area contributed by atoms with Crippen LogP contribution < -0.4 is 5.32 Å². The molecule has 21 heavy (non-hydrogen) atoms. The first-order valence-corrected chi connectivity index (χ1v) is 7.38. The molecule has 0 aliphatic carbocycles. The van der Waals surface area contributed by atoms with E-state index in [1.165, 1.54) is 4.90 Å². The standard InChI is InChI=1S/C16H22N2O3/c1-3-11(2)18(10-14(19)20)16(21)15-13-7-5-4-6-12(13)8-9-17-15/h4-7,11,15,17H,3,8-10H2,1-2H3,(H,19,20). The summed E-state index contributed by atoms with van der Waals surface area (Å²) in [5, 5.41) is 12.3. The third-order valence-electron chi connectivity index (χ3n) is 4.07. The van der Waals surface area contributed by atoms with Crippen LogP contribution in [-0.2, 0) is 16.0 Å². The van der Waals surface area contributed by atoms with Gasteiger partial charge in [0.25, 0.3) is 0 Å². The number of nitrogens with zero attached hydrogens (tertiary/aromatic N) is 1. The van der Waals surface area contributed by atoms with Gasteiger partial charge in [-0.15, -0.1) is 0 Å². The van der Waals surface area contributed by atoms with Crippen LogP contribution >= 0.6 is 0 Å². The molecule has 1 heterocycles. The normalized spacial score (nSPS) is 18.7. The summed E-state index contributed by atoms with van der Waals surface area (Å²) in [5.74, 6) is -1.13. The highest BCUT2D eigenvalue weighted by Crippen LogP contribution is 2.25. The van der Waals surface area contributed by atoms with Crippen molar-refractivity contribution in [1.29, 1.82) is 0 Å². The molecule has 1 aliphatic rings. The average Bonchev–Trinajstić information content (AvgIpc) is 2.50. The Morgan fingerprint density at radius 3 is 2.81 bits per heavy atom. The highest BCUT2D eigenvalue weighted by atomic mass is 16.4. The van der Waals surface area contributed by atoms with Crippen LogP contribution in [0.4, 0.5) is 0 Å². The summed E-state index contributed by atoms with van der Waals surface area (Å²) in [6, 6.07) is 7.32. The second kappa shape index (κ2) is 6.72. The number of carboxylic acid groups (broad SMARTS) is 1. The van der Waals surface area contributed by atoms with Gasteiger partial charge in [-0.05, 0) is 30.9 Å². The topological polar surface area (TPSA) is 69.6 Å². The zero-order valence-electron chi connectivity index (χ0n) is 12.5. The quantitative estimate of drug-likeness (QED) is 0.864. The molecule has 1 aliphatic heterocycles. The molecule has 2 unspecified atom stereocenters. The highest BCUT2D eigenvalue weighted by Gasteiger charge is 2.32. The van der Waals surface area contributed by atoms with Crippen molar-refractivity contribution in [3.63, 3.8) is 0 Å². The Hall–Kier alpha value is -1.88. The molecule has 0 spiro atoms. The summed E-state index contributed by atoms with van der Waals surface area (Å²) in [5.41, 5.74) is 2.13. The SMILES string of the molecule is CCC(C)N(CC(=O)O)C(=O)C1NCCc2ccccc21. The third kappa shape index (κ3) is 3.42. The zero-order chi connectivity index (χ0) is 15.4. The van der Waals surface area contributed by atoms with Gasteiger partial charge in [-0.25, -0.2) is 0 Å². The number of aliphatic carboxylic acids is 1. The van der Waals surface area contributed by atoms with E-state index in [0.717, 1.165) is 30.5 Å². The number of hydrogen-bond donors (Lipinski definition) is 2. The van der Waals surface area contributed by atoms with Crippen molar-refractivity contribution in [3.8, 4) is 0 Å². The fourth-order valence-electron chi connectivity index (χ4n) is 2.71. The van der Waals surface area contributed by atoms with Gasteiger partial charge in [-0.2, -0.15) is 0 Å². The first kappa shape index (κ1) is 15.5. The molecular weight excluding hydrogens is 268 g/mol. The Morgan fingerprint density at radius 2 is 2.14 bits per heavy atom. The van der Waals surface area contributed by atoms with Gasteiger partial charge in [0.1, 0.15) is 12.6 Å². The molecule has 5 heteroatoms. The van der Waals surface area contributed by atoms with E-state index in [-0.39, 0.29) is 18.5 Å². The van der Waals surface area contributed by atoms with Crippen molar-refractivity contribution in [3.05, 3.63) is 35.4 Å². The Balaban J connectivity index is 2.27. The number of carboxylic acids is 1. The Morgan fingerprint density at radius 1 is 1.43 bits per heavy atom. The van der Waals surface area contributed by atoms with Crippen molar-refractivity contribution >= 4 is 11.9 Å². The maximum atomic E-state index is 12.8. The van der Waals surface area contributed by atoms with Crippen molar-refractivity contribution in [2.45, 2.75) is 38.8 Å². The van der Waals surface area contributed by atoms with Gasteiger partial charge >= 0.3 is 5.97 Å². The van der Waals surface area contributed by atoms with E-state index in [1.54, 1.807) is 0 Å². The number of carbonyl (C=O) groups is 2. The lowest BCUT2D eigenvalue weighted by atomic mass is 9.93. The highest BCUT2D eigenvalue weighted by molar-refractivity contribution is 5.87. The van der Waals surface area contributed by atoms with E-state index in [9.17, 15) is 9.59 Å². The predicted octanol–water partition coefficient (Wildman–Crippen LogP) is 1.59. The first-order chi connectivity index (χ1) is 10.0. The van der Waals surface area contributed by atoms with Gasteiger partial charge in [0.15, 0.2) is 0 Å². The second-order valence-electron chi connectivity index (χ2n) is 5.45. The van der Waals surface area contributed by atoms with E-state index in [1.807, 2.05) is 38.1 Å². The number of nitrogens with one attached hydrogen (secondary N) is 1. The van der Waals surface area contributed by atoms with Gasteiger partial charge in [0.05, 0.1) is 0 Å². The number of rotatable bonds is 5. The molecule has 2 rings (SSSR count).